The first-order valence-corrected chi connectivity index (χ1v) is 11.2. The minimum Gasteiger partial charge on any atom is -0.480 e. The van der Waals surface area contributed by atoms with Crippen LogP contribution in [0.15, 0.2) is 54.6 Å². The number of benzene rings is 2. The highest BCUT2D eigenvalue weighted by molar-refractivity contribution is 6.10. The fraction of sp³-hybridized carbons (Fsp3) is 0.423. The van der Waals surface area contributed by atoms with Gasteiger partial charge in [0.15, 0.2) is 0 Å². The maximum absolute atomic E-state index is 13.7. The zero-order valence-corrected chi connectivity index (χ0v) is 19.7. The average molecular weight is 450 g/mol. The summed E-state index contributed by atoms with van der Waals surface area (Å²) >= 11 is 0. The van der Waals surface area contributed by atoms with E-state index in [9.17, 15) is 19.5 Å². The molecule has 0 aliphatic carbocycles. The van der Waals surface area contributed by atoms with Crippen molar-refractivity contribution in [1.29, 1.82) is 0 Å². The zero-order valence-electron chi connectivity index (χ0n) is 19.7. The molecule has 2 fully saturated rings. The van der Waals surface area contributed by atoms with Crippen LogP contribution in [0.25, 0.3) is 0 Å². The molecule has 2 aliphatic rings. The van der Waals surface area contributed by atoms with Crippen molar-refractivity contribution in [2.75, 3.05) is 19.0 Å². The smallest absolute Gasteiger partial charge is 0.325 e. The minimum absolute atomic E-state index is 0.105. The van der Waals surface area contributed by atoms with Crippen molar-refractivity contribution in [2.45, 2.75) is 44.3 Å². The summed E-state index contributed by atoms with van der Waals surface area (Å²) in [4.78, 5) is 43.4. The fourth-order valence-corrected chi connectivity index (χ4v) is 5.28. The standard InChI is InChI=1S/C26H31N3O4/c1-25(2,3)29-22(30)19-20(23(29)31)26(24(32)33,15-16-9-7-6-8-10-16)27-21(19)17-11-13-18(14-12-17)28(4)5/h6-14,19-21,27H,15H2,1-5H3,(H,32,33). The van der Waals surface area contributed by atoms with Crippen LogP contribution in [0.3, 0.4) is 0 Å². The van der Waals surface area contributed by atoms with Crippen LogP contribution in [-0.4, -0.2) is 53.0 Å². The van der Waals surface area contributed by atoms with E-state index in [1.807, 2.05) is 73.6 Å². The Balaban J connectivity index is 1.85. The van der Waals surface area contributed by atoms with E-state index in [0.29, 0.717) is 0 Å². The summed E-state index contributed by atoms with van der Waals surface area (Å²) in [5.74, 6) is -3.65. The lowest BCUT2D eigenvalue weighted by atomic mass is 9.76. The van der Waals surface area contributed by atoms with E-state index in [1.165, 1.54) is 4.90 Å². The number of nitrogens with zero attached hydrogens (tertiary/aromatic N) is 2. The summed E-state index contributed by atoms with van der Waals surface area (Å²) in [5, 5.41) is 13.8. The monoisotopic (exact) mass is 449 g/mol. The van der Waals surface area contributed by atoms with E-state index in [2.05, 4.69) is 5.32 Å². The summed E-state index contributed by atoms with van der Waals surface area (Å²) in [5.41, 5.74) is 0.249. The number of imide groups is 1. The van der Waals surface area contributed by atoms with Crippen LogP contribution >= 0.6 is 0 Å². The molecule has 2 amide bonds. The molecular weight excluding hydrogens is 418 g/mol. The molecule has 0 radical (unpaired) electrons. The van der Waals surface area contributed by atoms with Gasteiger partial charge in [0, 0.05) is 37.8 Å². The first-order chi connectivity index (χ1) is 15.5. The number of hydrogen-bond donors (Lipinski definition) is 2. The van der Waals surface area contributed by atoms with Crippen molar-refractivity contribution in [2.24, 2.45) is 11.8 Å². The van der Waals surface area contributed by atoms with Crippen LogP contribution in [0.5, 0.6) is 0 Å². The third-order valence-corrected chi connectivity index (χ3v) is 6.80. The molecule has 0 aromatic heterocycles. The molecular formula is C26H31N3O4. The molecule has 2 aromatic rings. The molecule has 4 rings (SSSR count). The van der Waals surface area contributed by atoms with Gasteiger partial charge in [-0.1, -0.05) is 42.5 Å². The van der Waals surface area contributed by atoms with Gasteiger partial charge in [-0.3, -0.25) is 24.6 Å². The molecule has 0 saturated carbocycles. The Kier molecular flexibility index (Phi) is 5.56. The first-order valence-electron chi connectivity index (χ1n) is 11.2. The van der Waals surface area contributed by atoms with Crippen LogP contribution in [0.1, 0.15) is 37.9 Å². The SMILES string of the molecule is CN(C)c1ccc(C2NC(Cc3ccccc3)(C(=O)O)C3C(=O)N(C(C)(C)C)C(=O)C23)cc1. The maximum Gasteiger partial charge on any atom is 0.325 e. The normalized spacial score (nSPS) is 27.1. The van der Waals surface area contributed by atoms with Crippen molar-refractivity contribution in [3.63, 3.8) is 0 Å². The molecule has 2 heterocycles. The molecule has 7 heteroatoms. The topological polar surface area (TPSA) is 90.0 Å². The van der Waals surface area contributed by atoms with Gasteiger partial charge in [-0.05, 0) is 44.0 Å². The molecule has 174 valence electrons. The first kappa shape index (κ1) is 23.0. The van der Waals surface area contributed by atoms with Crippen molar-refractivity contribution < 1.29 is 19.5 Å². The Morgan fingerprint density at radius 2 is 1.64 bits per heavy atom. The number of nitrogens with one attached hydrogen (secondary N) is 1. The number of carbonyl (C=O) groups is 3. The highest BCUT2D eigenvalue weighted by Crippen LogP contribution is 2.51. The van der Waals surface area contributed by atoms with Crippen molar-refractivity contribution in [1.82, 2.24) is 10.2 Å². The van der Waals surface area contributed by atoms with Gasteiger partial charge in [-0.2, -0.15) is 0 Å². The lowest BCUT2D eigenvalue weighted by molar-refractivity contribution is -0.153. The number of amides is 2. The third-order valence-electron chi connectivity index (χ3n) is 6.80. The predicted octanol–water partition coefficient (Wildman–Crippen LogP) is 2.86. The van der Waals surface area contributed by atoms with Crippen LogP contribution in [0.4, 0.5) is 5.69 Å². The molecule has 0 spiro atoms. The second kappa shape index (κ2) is 7.99. The highest BCUT2D eigenvalue weighted by atomic mass is 16.4. The van der Waals surface area contributed by atoms with Crippen molar-refractivity contribution in [3.8, 4) is 0 Å². The van der Waals surface area contributed by atoms with Gasteiger partial charge < -0.3 is 10.0 Å². The number of aliphatic carboxylic acids is 1. The Hall–Kier alpha value is -3.19. The van der Waals surface area contributed by atoms with Gasteiger partial charge in [0.25, 0.3) is 0 Å². The number of rotatable bonds is 5. The van der Waals surface area contributed by atoms with Crippen LogP contribution < -0.4 is 10.2 Å². The Morgan fingerprint density at radius 3 is 2.15 bits per heavy atom. The van der Waals surface area contributed by atoms with Crippen molar-refractivity contribution >= 4 is 23.5 Å². The van der Waals surface area contributed by atoms with E-state index in [-0.39, 0.29) is 12.3 Å². The summed E-state index contributed by atoms with van der Waals surface area (Å²) < 4.78 is 0. The predicted molar refractivity (Wildman–Crippen MR) is 126 cm³/mol. The second-order valence-electron chi connectivity index (χ2n) is 10.2. The van der Waals surface area contributed by atoms with Crippen molar-refractivity contribution in [3.05, 3.63) is 65.7 Å². The van der Waals surface area contributed by atoms with Gasteiger partial charge in [0.05, 0.1) is 11.8 Å². The van der Waals surface area contributed by atoms with E-state index in [0.717, 1.165) is 16.8 Å². The number of carbonyl (C=O) groups excluding carboxylic acids is 2. The fourth-order valence-electron chi connectivity index (χ4n) is 5.28. The van der Waals surface area contributed by atoms with Crippen LogP contribution in [-0.2, 0) is 20.8 Å². The number of carboxylic acids is 1. The van der Waals surface area contributed by atoms with E-state index in [4.69, 9.17) is 0 Å². The average Bonchev–Trinajstić information content (AvgIpc) is 3.23. The molecule has 2 aliphatic heterocycles. The number of hydrogen-bond acceptors (Lipinski definition) is 5. The summed E-state index contributed by atoms with van der Waals surface area (Å²) in [6, 6.07) is 16.4. The van der Waals surface area contributed by atoms with Gasteiger partial charge in [0.2, 0.25) is 11.8 Å². The largest absolute Gasteiger partial charge is 0.480 e. The Labute approximate surface area is 194 Å². The third kappa shape index (κ3) is 3.70. The van der Waals surface area contributed by atoms with Gasteiger partial charge in [0.1, 0.15) is 5.54 Å². The van der Waals surface area contributed by atoms with E-state index >= 15 is 0 Å². The van der Waals surface area contributed by atoms with Gasteiger partial charge in [-0.25, -0.2) is 0 Å². The summed E-state index contributed by atoms with van der Waals surface area (Å²) in [6.07, 6.45) is 0.105. The van der Waals surface area contributed by atoms with E-state index < -0.39 is 40.8 Å². The lowest BCUT2D eigenvalue weighted by Gasteiger charge is -2.35. The molecule has 2 saturated heterocycles. The number of fused-ring (bicyclic) bond motifs is 1. The molecule has 2 aromatic carbocycles. The molecule has 4 unspecified atom stereocenters. The highest BCUT2D eigenvalue weighted by Gasteiger charge is 2.69. The molecule has 4 atom stereocenters. The van der Waals surface area contributed by atoms with E-state index in [1.54, 1.807) is 20.8 Å². The van der Waals surface area contributed by atoms with Gasteiger partial charge >= 0.3 is 5.97 Å². The summed E-state index contributed by atoms with van der Waals surface area (Å²) in [6.45, 7) is 5.41. The number of anilines is 1. The molecule has 2 N–H and O–H groups in total. The van der Waals surface area contributed by atoms with Crippen LogP contribution in [0, 0.1) is 11.8 Å². The number of likely N-dealkylation sites (tertiary alicyclic amines) is 1. The maximum atomic E-state index is 13.7. The Morgan fingerprint density at radius 1 is 1.03 bits per heavy atom. The quantitative estimate of drug-likeness (QED) is 0.683. The summed E-state index contributed by atoms with van der Waals surface area (Å²) in [7, 11) is 3.88. The van der Waals surface area contributed by atoms with Crippen LogP contribution in [0.2, 0.25) is 0 Å². The lowest BCUT2D eigenvalue weighted by Crippen LogP contribution is -2.58. The molecule has 7 nitrogen and oxygen atoms in total. The van der Waals surface area contributed by atoms with Gasteiger partial charge in [-0.15, -0.1) is 0 Å². The minimum atomic E-state index is -1.59. The second-order valence-corrected chi connectivity index (χ2v) is 10.2. The molecule has 0 bridgehead atoms. The number of carboxylic acid groups (broad SMARTS) is 1. The zero-order chi connectivity index (χ0) is 24.1. The molecule has 33 heavy (non-hydrogen) atoms. The Bertz CT molecular complexity index is 1070.